The van der Waals surface area contributed by atoms with E-state index in [-0.39, 0.29) is 34.1 Å². The van der Waals surface area contributed by atoms with Crippen molar-refractivity contribution in [2.75, 3.05) is 11.9 Å². The number of halogens is 2. The van der Waals surface area contributed by atoms with Crippen LogP contribution < -0.4 is 10.5 Å². The number of thiophene rings is 1. The second kappa shape index (κ2) is 12.5. The minimum absolute atomic E-state index is 0.0587. The highest BCUT2D eigenvalue weighted by molar-refractivity contribution is 7.84. The van der Waals surface area contributed by atoms with E-state index in [2.05, 4.69) is 19.5 Å². The normalized spacial score (nSPS) is 21.0. The van der Waals surface area contributed by atoms with Crippen LogP contribution in [-0.2, 0) is 14.5 Å². The quantitative estimate of drug-likeness (QED) is 0.200. The summed E-state index contributed by atoms with van der Waals surface area (Å²) in [6.07, 6.45) is -0.888. The van der Waals surface area contributed by atoms with Crippen LogP contribution in [0.2, 0.25) is 9.36 Å². The maximum absolute atomic E-state index is 13.1. The van der Waals surface area contributed by atoms with E-state index in [9.17, 15) is 28.5 Å². The predicted molar refractivity (Wildman–Crippen MR) is 146 cm³/mol. The van der Waals surface area contributed by atoms with Crippen LogP contribution >= 0.6 is 34.5 Å². The minimum atomic E-state index is -4.11. The average Bonchev–Trinajstić information content (AvgIpc) is 3.43. The van der Waals surface area contributed by atoms with Crippen LogP contribution in [0.4, 0.5) is 5.82 Å². The molecular formula is C24H26Cl2N4O7S2. The zero-order valence-corrected chi connectivity index (χ0v) is 23.4. The van der Waals surface area contributed by atoms with Crippen molar-refractivity contribution in [3.05, 3.63) is 73.8 Å². The second-order valence-corrected chi connectivity index (χ2v) is 12.5. The van der Waals surface area contributed by atoms with Gasteiger partial charge >= 0.3 is 10.3 Å². The molecule has 6 N–H and O–H groups in total. The minimum Gasteiger partial charge on any atom is -0.393 e. The summed E-state index contributed by atoms with van der Waals surface area (Å²) in [4.78, 5) is 21.7. The van der Waals surface area contributed by atoms with Crippen molar-refractivity contribution < 1.29 is 32.7 Å². The average molecular weight is 618 g/mol. The first-order chi connectivity index (χ1) is 18.4. The highest BCUT2D eigenvalue weighted by Crippen LogP contribution is 2.37. The van der Waals surface area contributed by atoms with E-state index < -0.39 is 40.3 Å². The molecule has 1 fully saturated rings. The number of hydrogen-bond donors (Lipinski definition) is 5. The topological polar surface area (TPSA) is 185 Å². The lowest BCUT2D eigenvalue weighted by atomic mass is 10.00. The Morgan fingerprint density at radius 1 is 1.21 bits per heavy atom. The highest BCUT2D eigenvalue weighted by atomic mass is 35.5. The van der Waals surface area contributed by atoms with E-state index in [0.29, 0.717) is 34.8 Å². The van der Waals surface area contributed by atoms with Crippen LogP contribution in [0.3, 0.4) is 0 Å². The van der Waals surface area contributed by atoms with Crippen molar-refractivity contribution in [3.8, 4) is 0 Å². The summed E-state index contributed by atoms with van der Waals surface area (Å²) in [6.45, 7) is -0.241. The van der Waals surface area contributed by atoms with Gasteiger partial charge in [-0.1, -0.05) is 35.3 Å². The zero-order valence-electron chi connectivity index (χ0n) is 20.3. The molecule has 11 nitrogen and oxygen atoms in total. The molecule has 210 valence electrons. The molecule has 0 spiro atoms. The molecule has 3 aromatic rings. The second-order valence-electron chi connectivity index (χ2n) is 9.17. The fraction of sp³-hybridized carbons (Fsp3) is 0.375. The Hall–Kier alpha value is -2.20. The molecule has 2 heterocycles. The lowest BCUT2D eigenvalue weighted by Crippen LogP contribution is -2.24. The number of rotatable bonds is 11. The van der Waals surface area contributed by atoms with Gasteiger partial charge in [-0.25, -0.2) is 15.1 Å². The summed E-state index contributed by atoms with van der Waals surface area (Å²) in [7, 11) is -4.11. The van der Waals surface area contributed by atoms with Gasteiger partial charge in [-0.05, 0) is 42.7 Å². The number of aliphatic hydroxyl groups excluding tert-OH is 3. The molecule has 2 aromatic heterocycles. The van der Waals surface area contributed by atoms with Gasteiger partial charge in [0, 0.05) is 35.2 Å². The third-order valence-corrected chi connectivity index (χ3v) is 8.38. The van der Waals surface area contributed by atoms with Crippen LogP contribution in [0.25, 0.3) is 0 Å². The van der Waals surface area contributed by atoms with Crippen molar-refractivity contribution in [3.63, 3.8) is 0 Å². The molecule has 1 aromatic carbocycles. The van der Waals surface area contributed by atoms with Gasteiger partial charge in [-0.15, -0.1) is 11.3 Å². The molecule has 1 aliphatic rings. The van der Waals surface area contributed by atoms with Gasteiger partial charge in [0.25, 0.3) is 0 Å². The van der Waals surface area contributed by atoms with Gasteiger partial charge in [0.05, 0.1) is 34.1 Å². The standard InChI is InChI=1S/C24H26Cl2N4O7S2/c25-14-3-1-2-12(6-14)18(32)10-19(33)16-9-20(38-23(16)26)22(34)24-28-5-4-21(30-24)29-15-7-13(17(31)8-15)11-37-39(27,35)36/h1-6,9,13,15,17-19,31-33H,7-8,10-11H2,(H2,27,35,36)(H,28,29,30)/t13-,15-,17+,18?,19+/m1/s1. The van der Waals surface area contributed by atoms with E-state index >= 15 is 0 Å². The summed E-state index contributed by atoms with van der Waals surface area (Å²) in [5, 5.41) is 39.9. The van der Waals surface area contributed by atoms with Gasteiger partial charge < -0.3 is 20.6 Å². The van der Waals surface area contributed by atoms with Crippen molar-refractivity contribution in [1.82, 2.24) is 9.97 Å². The number of carbonyl (C=O) groups excluding carboxylic acids is 1. The van der Waals surface area contributed by atoms with E-state index in [1.165, 1.54) is 12.3 Å². The van der Waals surface area contributed by atoms with Crippen LogP contribution in [0.1, 0.15) is 58.1 Å². The Labute approximate surface area is 238 Å². The van der Waals surface area contributed by atoms with Crippen molar-refractivity contribution in [2.45, 2.75) is 43.6 Å². The maximum atomic E-state index is 13.1. The van der Waals surface area contributed by atoms with Gasteiger partial charge in [0.15, 0.2) is 0 Å². The number of carbonyl (C=O) groups is 1. The number of ketones is 1. The van der Waals surface area contributed by atoms with Gasteiger partial charge in [0.2, 0.25) is 11.6 Å². The van der Waals surface area contributed by atoms with Crippen molar-refractivity contribution >= 4 is 56.4 Å². The van der Waals surface area contributed by atoms with Crippen molar-refractivity contribution in [2.24, 2.45) is 11.1 Å². The molecule has 0 radical (unpaired) electrons. The number of anilines is 1. The zero-order chi connectivity index (χ0) is 28.3. The largest absolute Gasteiger partial charge is 0.393 e. The summed E-state index contributed by atoms with van der Waals surface area (Å²) < 4.78 is 26.9. The maximum Gasteiger partial charge on any atom is 0.333 e. The SMILES string of the molecule is NS(=O)(=O)OC[C@H]1C[C@@H](Nc2ccnc(C(=O)c3cc([C@@H](O)CC(O)c4cccc(Cl)c4)c(Cl)s3)n2)C[C@@H]1O. The first-order valence-electron chi connectivity index (χ1n) is 11.8. The Bertz CT molecular complexity index is 1440. The molecule has 39 heavy (non-hydrogen) atoms. The van der Waals surface area contributed by atoms with Crippen LogP contribution in [0.15, 0.2) is 42.6 Å². The number of aromatic nitrogens is 2. The van der Waals surface area contributed by atoms with Crippen LogP contribution in [0.5, 0.6) is 0 Å². The molecule has 0 bridgehead atoms. The first kappa shape index (κ1) is 29.8. The monoisotopic (exact) mass is 616 g/mol. The van der Waals surface area contributed by atoms with Crippen LogP contribution in [-0.4, -0.2) is 58.2 Å². The number of hydrogen-bond acceptors (Lipinski definition) is 11. The summed E-state index contributed by atoms with van der Waals surface area (Å²) in [5.74, 6) is -0.721. The molecule has 0 saturated heterocycles. The Balaban J connectivity index is 1.41. The number of aliphatic hydroxyl groups is 3. The number of nitrogens with one attached hydrogen (secondary N) is 1. The van der Waals surface area contributed by atoms with Gasteiger partial charge in [0.1, 0.15) is 5.82 Å². The molecule has 15 heteroatoms. The molecular weight excluding hydrogens is 591 g/mol. The molecule has 5 atom stereocenters. The molecule has 1 aliphatic carbocycles. The molecule has 0 amide bonds. The van der Waals surface area contributed by atoms with E-state index in [1.807, 2.05) is 0 Å². The summed E-state index contributed by atoms with van der Waals surface area (Å²) >= 11 is 13.3. The molecule has 4 rings (SSSR count). The molecule has 0 aliphatic heterocycles. The summed E-state index contributed by atoms with van der Waals surface area (Å²) in [6, 6.07) is 9.43. The smallest absolute Gasteiger partial charge is 0.333 e. The molecule has 1 unspecified atom stereocenters. The first-order valence-corrected chi connectivity index (χ1v) is 14.8. The van der Waals surface area contributed by atoms with E-state index in [1.54, 1.807) is 30.3 Å². The highest BCUT2D eigenvalue weighted by Gasteiger charge is 2.34. The Morgan fingerprint density at radius 2 is 1.97 bits per heavy atom. The molecule has 1 saturated carbocycles. The number of nitrogens with two attached hydrogens (primary N) is 1. The fourth-order valence-corrected chi connectivity index (χ4v) is 6.23. The number of nitrogens with zero attached hydrogens (tertiary/aromatic N) is 2. The third kappa shape index (κ3) is 7.93. The Kier molecular flexibility index (Phi) is 9.57. The Morgan fingerprint density at radius 3 is 2.69 bits per heavy atom. The lowest BCUT2D eigenvalue weighted by molar-refractivity contribution is 0.0807. The lowest BCUT2D eigenvalue weighted by Gasteiger charge is -2.16. The van der Waals surface area contributed by atoms with E-state index in [4.69, 9.17) is 28.3 Å². The fourth-order valence-electron chi connectivity index (χ4n) is 4.36. The predicted octanol–water partition coefficient (Wildman–Crippen LogP) is 3.00. The van der Waals surface area contributed by atoms with E-state index in [0.717, 1.165) is 11.3 Å². The van der Waals surface area contributed by atoms with Crippen LogP contribution in [0, 0.1) is 5.92 Å². The third-order valence-electron chi connectivity index (χ3n) is 6.29. The van der Waals surface area contributed by atoms with Gasteiger partial charge in [-0.2, -0.15) is 8.42 Å². The van der Waals surface area contributed by atoms with Crippen molar-refractivity contribution in [1.29, 1.82) is 0 Å². The van der Waals surface area contributed by atoms with Gasteiger partial charge in [-0.3, -0.25) is 8.98 Å². The number of benzene rings is 1. The summed E-state index contributed by atoms with van der Waals surface area (Å²) in [5.41, 5.74) is 0.841.